The summed E-state index contributed by atoms with van der Waals surface area (Å²) in [7, 11) is 1.66. The minimum Gasteiger partial charge on any atom is -0.507 e. The highest BCUT2D eigenvalue weighted by Crippen LogP contribution is 2.41. The Morgan fingerprint density at radius 2 is 1.63 bits per heavy atom. The van der Waals surface area contributed by atoms with Crippen LogP contribution in [0.4, 0.5) is 10.1 Å². The van der Waals surface area contributed by atoms with Gasteiger partial charge < -0.3 is 14.6 Å². The van der Waals surface area contributed by atoms with Crippen LogP contribution in [-0.2, 0) is 7.05 Å². The molecule has 198 valence electrons. The van der Waals surface area contributed by atoms with E-state index in [0.29, 0.717) is 33.0 Å². The number of hydrogen-bond donors (Lipinski definition) is 1. The van der Waals surface area contributed by atoms with E-state index in [0.717, 1.165) is 31.9 Å². The van der Waals surface area contributed by atoms with E-state index in [4.69, 9.17) is 11.6 Å². The zero-order valence-corrected chi connectivity index (χ0v) is 22.7. The highest BCUT2D eigenvalue weighted by molar-refractivity contribution is 6.32. The number of hydrogen-bond acceptors (Lipinski definition) is 5. The van der Waals surface area contributed by atoms with Gasteiger partial charge in [-0.15, -0.1) is 0 Å². The van der Waals surface area contributed by atoms with Gasteiger partial charge in [0.1, 0.15) is 11.6 Å². The van der Waals surface area contributed by atoms with Crippen molar-refractivity contribution in [3.05, 3.63) is 82.5 Å². The first-order chi connectivity index (χ1) is 18.0. The zero-order chi connectivity index (χ0) is 27.2. The van der Waals surface area contributed by atoms with Crippen LogP contribution in [0.3, 0.4) is 0 Å². The molecule has 38 heavy (non-hydrogen) atoms. The first-order valence-electron chi connectivity index (χ1n) is 12.5. The van der Waals surface area contributed by atoms with Crippen molar-refractivity contribution in [1.82, 2.24) is 19.0 Å². The van der Waals surface area contributed by atoms with Crippen molar-refractivity contribution in [3.8, 4) is 33.7 Å². The Bertz CT molecular complexity index is 1550. The lowest BCUT2D eigenvalue weighted by Crippen LogP contribution is -2.53. The average Bonchev–Trinajstić information content (AvgIpc) is 3.22. The van der Waals surface area contributed by atoms with Crippen molar-refractivity contribution in [3.63, 3.8) is 0 Å². The van der Waals surface area contributed by atoms with Crippen LogP contribution in [0.15, 0.2) is 66.0 Å². The van der Waals surface area contributed by atoms with Crippen molar-refractivity contribution >= 4 is 17.3 Å². The van der Waals surface area contributed by atoms with Gasteiger partial charge in [-0.2, -0.15) is 0 Å². The Morgan fingerprint density at radius 3 is 2.24 bits per heavy atom. The molecule has 1 N–H and O–H groups in total. The number of halogens is 2. The maximum Gasteiger partial charge on any atom is 0.332 e. The van der Waals surface area contributed by atoms with Crippen molar-refractivity contribution in [2.24, 2.45) is 7.05 Å². The number of anilines is 1. The van der Waals surface area contributed by atoms with E-state index in [9.17, 15) is 14.3 Å². The highest BCUT2D eigenvalue weighted by Gasteiger charge is 2.26. The molecule has 9 heteroatoms. The van der Waals surface area contributed by atoms with Gasteiger partial charge in [0.25, 0.3) is 0 Å². The predicted octanol–water partition coefficient (Wildman–Crippen LogP) is 5.32. The Balaban J connectivity index is 1.47. The summed E-state index contributed by atoms with van der Waals surface area (Å²) in [5.74, 6) is -0.555. The van der Waals surface area contributed by atoms with Gasteiger partial charge in [0, 0.05) is 74.0 Å². The molecule has 0 saturated carbocycles. The van der Waals surface area contributed by atoms with Crippen LogP contribution in [0.5, 0.6) is 5.75 Å². The van der Waals surface area contributed by atoms with Gasteiger partial charge in [0.2, 0.25) is 0 Å². The highest BCUT2D eigenvalue weighted by atomic mass is 35.5. The Morgan fingerprint density at radius 1 is 0.947 bits per heavy atom. The van der Waals surface area contributed by atoms with Gasteiger partial charge in [-0.05, 0) is 56.7 Å². The first kappa shape index (κ1) is 26.0. The van der Waals surface area contributed by atoms with Crippen LogP contribution >= 0.6 is 11.6 Å². The van der Waals surface area contributed by atoms with Crippen LogP contribution in [0, 0.1) is 5.82 Å². The summed E-state index contributed by atoms with van der Waals surface area (Å²) in [5, 5.41) is 11.6. The fourth-order valence-corrected chi connectivity index (χ4v) is 5.21. The van der Waals surface area contributed by atoms with E-state index in [1.807, 2.05) is 6.07 Å². The van der Waals surface area contributed by atoms with Crippen molar-refractivity contribution < 1.29 is 9.50 Å². The molecule has 1 fully saturated rings. The van der Waals surface area contributed by atoms with Crippen LogP contribution in [-0.4, -0.2) is 55.8 Å². The SMILES string of the molecule is Cn1ccn(-c2ccc(-c3cc(F)cc(-c4cncc(N5CCN(C(C)(C)C)CC5)c4)c3O)cc2Cl)c1=O. The van der Waals surface area contributed by atoms with E-state index in [2.05, 4.69) is 35.6 Å². The fourth-order valence-electron chi connectivity index (χ4n) is 4.94. The third kappa shape index (κ3) is 4.93. The molecule has 0 radical (unpaired) electrons. The summed E-state index contributed by atoms with van der Waals surface area (Å²) >= 11 is 6.53. The number of benzene rings is 2. The molecule has 1 saturated heterocycles. The maximum atomic E-state index is 14.9. The van der Waals surface area contributed by atoms with Gasteiger partial charge in [-0.1, -0.05) is 17.7 Å². The predicted molar refractivity (Wildman–Crippen MR) is 150 cm³/mol. The van der Waals surface area contributed by atoms with Gasteiger partial charge in [-0.3, -0.25) is 14.5 Å². The standard InChI is InChI=1S/C29H31ClFN5O2/c1-29(2,3)35-10-8-34(9-11-35)22-13-20(17-32-18-22)24-16-21(31)15-23(27(24)37)19-5-6-26(25(30)14-19)36-12-7-33(4)28(36)38/h5-7,12-18,37H,8-11H2,1-4H3. The number of pyridine rings is 1. The second-order valence-electron chi connectivity index (χ2n) is 10.7. The second kappa shape index (κ2) is 9.93. The largest absolute Gasteiger partial charge is 0.507 e. The average molecular weight is 536 g/mol. The number of nitrogens with zero attached hydrogens (tertiary/aromatic N) is 5. The molecule has 0 aliphatic carbocycles. The van der Waals surface area contributed by atoms with Gasteiger partial charge in [-0.25, -0.2) is 9.18 Å². The fraction of sp³-hybridized carbons (Fsp3) is 0.310. The number of aryl methyl sites for hydroxylation is 1. The number of rotatable bonds is 4. The summed E-state index contributed by atoms with van der Waals surface area (Å²) in [6.45, 7) is 10.3. The number of imidazole rings is 1. The molecular weight excluding hydrogens is 505 g/mol. The maximum absolute atomic E-state index is 14.9. The Labute approximate surface area is 226 Å². The molecule has 1 aliphatic heterocycles. The van der Waals surface area contributed by atoms with E-state index in [1.54, 1.807) is 50.0 Å². The number of phenolic OH excluding ortho intramolecular Hbond substituents is 1. The molecule has 1 aliphatic rings. The first-order valence-corrected chi connectivity index (χ1v) is 12.9. The quantitative estimate of drug-likeness (QED) is 0.383. The zero-order valence-electron chi connectivity index (χ0n) is 21.9. The molecule has 0 bridgehead atoms. The van der Waals surface area contributed by atoms with Crippen molar-refractivity contribution in [2.45, 2.75) is 26.3 Å². The van der Waals surface area contributed by atoms with Gasteiger partial charge in [0.15, 0.2) is 0 Å². The van der Waals surface area contributed by atoms with E-state index in [-0.39, 0.29) is 17.0 Å². The van der Waals surface area contributed by atoms with E-state index in [1.165, 1.54) is 21.3 Å². The smallest absolute Gasteiger partial charge is 0.332 e. The topological polar surface area (TPSA) is 66.5 Å². The summed E-state index contributed by atoms with van der Waals surface area (Å²) < 4.78 is 17.7. The molecule has 4 aromatic rings. The molecule has 2 aromatic heterocycles. The van der Waals surface area contributed by atoms with Crippen molar-refractivity contribution in [1.29, 1.82) is 0 Å². The summed E-state index contributed by atoms with van der Waals surface area (Å²) in [5.41, 5.74) is 3.13. The van der Waals surface area contributed by atoms with Crippen LogP contribution in [0.25, 0.3) is 27.9 Å². The second-order valence-corrected chi connectivity index (χ2v) is 11.1. The number of aromatic hydroxyl groups is 1. The van der Waals surface area contributed by atoms with Crippen LogP contribution in [0.2, 0.25) is 5.02 Å². The number of phenols is 1. The van der Waals surface area contributed by atoms with Crippen LogP contribution < -0.4 is 10.6 Å². The van der Waals surface area contributed by atoms with E-state index < -0.39 is 5.82 Å². The molecule has 7 nitrogen and oxygen atoms in total. The lowest BCUT2D eigenvalue weighted by atomic mass is 9.97. The lowest BCUT2D eigenvalue weighted by molar-refractivity contribution is 0.128. The third-order valence-electron chi connectivity index (χ3n) is 7.17. The number of piperazine rings is 1. The molecule has 3 heterocycles. The van der Waals surface area contributed by atoms with Crippen LogP contribution in [0.1, 0.15) is 20.8 Å². The molecule has 5 rings (SSSR count). The lowest BCUT2D eigenvalue weighted by Gasteiger charge is -2.43. The van der Waals surface area contributed by atoms with Gasteiger partial charge in [0.05, 0.1) is 22.6 Å². The Hall–Kier alpha value is -3.62. The molecule has 0 unspecified atom stereocenters. The molecule has 0 spiro atoms. The van der Waals surface area contributed by atoms with Gasteiger partial charge >= 0.3 is 5.69 Å². The number of aromatic nitrogens is 3. The minimum atomic E-state index is -0.489. The summed E-state index contributed by atoms with van der Waals surface area (Å²) in [4.78, 5) is 21.5. The summed E-state index contributed by atoms with van der Waals surface area (Å²) in [6, 6.07) is 9.55. The molecule has 0 atom stereocenters. The Kier molecular flexibility index (Phi) is 6.79. The molecule has 2 aromatic carbocycles. The van der Waals surface area contributed by atoms with E-state index >= 15 is 0 Å². The molecular formula is C29H31ClFN5O2. The van der Waals surface area contributed by atoms with Crippen molar-refractivity contribution in [2.75, 3.05) is 31.1 Å². The monoisotopic (exact) mass is 535 g/mol. The summed E-state index contributed by atoms with van der Waals surface area (Å²) in [6.07, 6.45) is 6.70. The minimum absolute atomic E-state index is 0.0661. The third-order valence-corrected chi connectivity index (χ3v) is 7.47. The normalized spacial score (nSPS) is 14.7. The molecule has 0 amide bonds.